The SMILES string of the molecule is CC(C)(C)C(N)C(=O)NCCSc1ccccc1. The topological polar surface area (TPSA) is 55.1 Å². The fourth-order valence-corrected chi connectivity index (χ4v) is 2.15. The van der Waals surface area contributed by atoms with Crippen molar-refractivity contribution in [3.8, 4) is 0 Å². The van der Waals surface area contributed by atoms with Crippen LogP contribution in [0.1, 0.15) is 20.8 Å². The molecule has 0 aliphatic heterocycles. The number of carbonyl (C=O) groups excluding carboxylic acids is 1. The zero-order valence-electron chi connectivity index (χ0n) is 11.3. The van der Waals surface area contributed by atoms with E-state index < -0.39 is 6.04 Å². The molecule has 3 N–H and O–H groups in total. The van der Waals surface area contributed by atoms with Crippen LogP contribution in [0.3, 0.4) is 0 Å². The molecule has 100 valence electrons. The van der Waals surface area contributed by atoms with Gasteiger partial charge in [-0.1, -0.05) is 39.0 Å². The third-order valence-corrected chi connectivity index (χ3v) is 3.64. The summed E-state index contributed by atoms with van der Waals surface area (Å²) in [5.41, 5.74) is 5.67. The molecule has 1 amide bonds. The number of amides is 1. The van der Waals surface area contributed by atoms with Gasteiger partial charge in [0.25, 0.3) is 0 Å². The lowest BCUT2D eigenvalue weighted by Crippen LogP contribution is -2.49. The Balaban J connectivity index is 2.24. The van der Waals surface area contributed by atoms with Crippen LogP contribution in [0, 0.1) is 5.41 Å². The highest BCUT2D eigenvalue weighted by Crippen LogP contribution is 2.18. The van der Waals surface area contributed by atoms with Gasteiger partial charge in [-0.05, 0) is 17.5 Å². The number of hydrogen-bond donors (Lipinski definition) is 2. The standard InChI is InChI=1S/C14H22N2OS/c1-14(2,3)12(15)13(17)16-9-10-18-11-7-5-4-6-8-11/h4-8,12H,9-10,15H2,1-3H3,(H,16,17). The van der Waals surface area contributed by atoms with Gasteiger partial charge in [0.05, 0.1) is 6.04 Å². The third-order valence-electron chi connectivity index (χ3n) is 2.63. The molecule has 1 aromatic carbocycles. The molecule has 1 rings (SSSR count). The summed E-state index contributed by atoms with van der Waals surface area (Å²) in [7, 11) is 0. The number of nitrogens with two attached hydrogens (primary N) is 1. The summed E-state index contributed by atoms with van der Waals surface area (Å²) >= 11 is 1.73. The van der Waals surface area contributed by atoms with E-state index in [1.807, 2.05) is 39.0 Å². The molecule has 0 aliphatic carbocycles. The minimum Gasteiger partial charge on any atom is -0.354 e. The first-order chi connectivity index (χ1) is 8.41. The molecule has 0 bridgehead atoms. The van der Waals surface area contributed by atoms with Gasteiger partial charge in [-0.2, -0.15) is 0 Å². The molecule has 1 atom stereocenters. The van der Waals surface area contributed by atoms with Crippen LogP contribution in [-0.4, -0.2) is 24.2 Å². The highest BCUT2D eigenvalue weighted by atomic mass is 32.2. The van der Waals surface area contributed by atoms with Crippen LogP contribution < -0.4 is 11.1 Å². The normalized spacial score (nSPS) is 13.1. The Hall–Kier alpha value is -1.00. The minimum atomic E-state index is -0.459. The molecule has 0 aliphatic rings. The van der Waals surface area contributed by atoms with E-state index in [1.165, 1.54) is 4.90 Å². The first kappa shape index (κ1) is 15.1. The van der Waals surface area contributed by atoms with Gasteiger partial charge in [-0.25, -0.2) is 0 Å². The van der Waals surface area contributed by atoms with E-state index in [2.05, 4.69) is 17.4 Å². The summed E-state index contributed by atoms with van der Waals surface area (Å²) in [6, 6.07) is 9.68. The van der Waals surface area contributed by atoms with E-state index in [-0.39, 0.29) is 11.3 Å². The van der Waals surface area contributed by atoms with Crippen LogP contribution in [0.4, 0.5) is 0 Å². The van der Waals surface area contributed by atoms with Gasteiger partial charge in [-0.3, -0.25) is 4.79 Å². The van der Waals surface area contributed by atoms with Gasteiger partial charge in [0.2, 0.25) is 5.91 Å². The third kappa shape index (κ3) is 5.10. The Bertz CT molecular complexity index is 373. The fourth-order valence-electron chi connectivity index (χ4n) is 1.36. The van der Waals surface area contributed by atoms with Crippen molar-refractivity contribution in [2.24, 2.45) is 11.1 Å². The van der Waals surface area contributed by atoms with Gasteiger partial charge in [0.1, 0.15) is 0 Å². The average molecular weight is 266 g/mol. The minimum absolute atomic E-state index is 0.0730. The lowest BCUT2D eigenvalue weighted by Gasteiger charge is -2.25. The Kier molecular flexibility index (Phi) is 5.69. The number of carbonyl (C=O) groups is 1. The first-order valence-corrected chi connectivity index (χ1v) is 7.11. The first-order valence-electron chi connectivity index (χ1n) is 6.12. The average Bonchev–Trinajstić information content (AvgIpc) is 2.33. The second-order valence-corrected chi connectivity index (χ2v) is 6.46. The molecule has 0 saturated heterocycles. The molecule has 4 heteroatoms. The predicted octanol–water partition coefficient (Wildman–Crippen LogP) is 2.27. The van der Waals surface area contributed by atoms with E-state index in [1.54, 1.807) is 11.8 Å². The van der Waals surface area contributed by atoms with Crippen molar-refractivity contribution in [1.29, 1.82) is 0 Å². The monoisotopic (exact) mass is 266 g/mol. The molecular formula is C14H22N2OS. The highest BCUT2D eigenvalue weighted by molar-refractivity contribution is 7.99. The number of rotatable bonds is 5. The number of benzene rings is 1. The van der Waals surface area contributed by atoms with Gasteiger partial charge in [0.15, 0.2) is 0 Å². The summed E-state index contributed by atoms with van der Waals surface area (Å²) < 4.78 is 0. The summed E-state index contributed by atoms with van der Waals surface area (Å²) in [5, 5.41) is 2.87. The maximum Gasteiger partial charge on any atom is 0.237 e. The zero-order chi connectivity index (χ0) is 13.6. The van der Waals surface area contributed by atoms with Gasteiger partial charge in [0, 0.05) is 17.2 Å². The van der Waals surface area contributed by atoms with Crippen molar-refractivity contribution in [2.45, 2.75) is 31.7 Å². The summed E-state index contributed by atoms with van der Waals surface area (Å²) in [4.78, 5) is 13.0. The quantitative estimate of drug-likeness (QED) is 0.635. The van der Waals surface area contributed by atoms with Crippen LogP contribution in [0.15, 0.2) is 35.2 Å². The van der Waals surface area contributed by atoms with Crippen LogP contribution in [0.2, 0.25) is 0 Å². The van der Waals surface area contributed by atoms with Crippen LogP contribution in [-0.2, 0) is 4.79 Å². The number of hydrogen-bond acceptors (Lipinski definition) is 3. The smallest absolute Gasteiger partial charge is 0.237 e. The maximum atomic E-state index is 11.8. The highest BCUT2D eigenvalue weighted by Gasteiger charge is 2.26. The molecule has 18 heavy (non-hydrogen) atoms. The fraction of sp³-hybridized carbons (Fsp3) is 0.500. The van der Waals surface area contributed by atoms with E-state index in [9.17, 15) is 4.79 Å². The molecule has 0 heterocycles. The molecule has 1 unspecified atom stereocenters. The van der Waals surface area contributed by atoms with Crippen molar-refractivity contribution in [3.63, 3.8) is 0 Å². The molecule has 0 radical (unpaired) electrons. The Labute approximate surface area is 114 Å². The van der Waals surface area contributed by atoms with Crippen molar-refractivity contribution in [1.82, 2.24) is 5.32 Å². The predicted molar refractivity (Wildman–Crippen MR) is 77.6 cm³/mol. The van der Waals surface area contributed by atoms with Crippen LogP contribution in [0.5, 0.6) is 0 Å². The van der Waals surface area contributed by atoms with Crippen molar-refractivity contribution >= 4 is 17.7 Å². The second kappa shape index (κ2) is 6.81. The van der Waals surface area contributed by atoms with Crippen molar-refractivity contribution in [3.05, 3.63) is 30.3 Å². The molecule has 1 aromatic rings. The maximum absolute atomic E-state index is 11.8. The lowest BCUT2D eigenvalue weighted by molar-refractivity contribution is -0.124. The number of nitrogens with one attached hydrogen (secondary N) is 1. The van der Waals surface area contributed by atoms with Crippen LogP contribution >= 0.6 is 11.8 Å². The van der Waals surface area contributed by atoms with E-state index in [0.29, 0.717) is 6.54 Å². The van der Waals surface area contributed by atoms with E-state index >= 15 is 0 Å². The molecular weight excluding hydrogens is 244 g/mol. The van der Waals surface area contributed by atoms with Gasteiger partial charge in [-0.15, -0.1) is 11.8 Å². The molecule has 0 fully saturated rings. The lowest BCUT2D eigenvalue weighted by atomic mass is 9.87. The molecule has 0 saturated carbocycles. The summed E-state index contributed by atoms with van der Waals surface area (Å²) in [5.74, 6) is 0.781. The molecule has 3 nitrogen and oxygen atoms in total. The Morgan fingerprint density at radius 1 is 1.33 bits per heavy atom. The Morgan fingerprint density at radius 2 is 1.94 bits per heavy atom. The van der Waals surface area contributed by atoms with Gasteiger partial charge < -0.3 is 11.1 Å². The molecule has 0 spiro atoms. The Morgan fingerprint density at radius 3 is 2.50 bits per heavy atom. The van der Waals surface area contributed by atoms with Crippen molar-refractivity contribution < 1.29 is 4.79 Å². The van der Waals surface area contributed by atoms with E-state index in [0.717, 1.165) is 5.75 Å². The van der Waals surface area contributed by atoms with Gasteiger partial charge >= 0.3 is 0 Å². The van der Waals surface area contributed by atoms with Crippen LogP contribution in [0.25, 0.3) is 0 Å². The summed E-state index contributed by atoms with van der Waals surface area (Å²) in [6.07, 6.45) is 0. The van der Waals surface area contributed by atoms with E-state index in [4.69, 9.17) is 5.73 Å². The second-order valence-electron chi connectivity index (χ2n) is 5.30. The molecule has 0 aromatic heterocycles. The summed E-state index contributed by atoms with van der Waals surface area (Å²) in [6.45, 7) is 6.55. The largest absolute Gasteiger partial charge is 0.354 e. The number of thioether (sulfide) groups is 1. The van der Waals surface area contributed by atoms with Crippen molar-refractivity contribution in [2.75, 3.05) is 12.3 Å². The zero-order valence-corrected chi connectivity index (χ0v) is 12.1.